The molecule has 1 aromatic heterocycles. The molecule has 0 aliphatic rings. The summed E-state index contributed by atoms with van der Waals surface area (Å²) in [6, 6.07) is 11.9. The Balaban J connectivity index is 1.65. The fourth-order valence-corrected chi connectivity index (χ4v) is 2.93. The highest BCUT2D eigenvalue weighted by atomic mass is 19.4. The predicted octanol–water partition coefficient (Wildman–Crippen LogP) is 2.97. The number of hydrogen-bond acceptors (Lipinski definition) is 5. The van der Waals surface area contributed by atoms with Crippen molar-refractivity contribution in [1.82, 2.24) is 20.3 Å². The van der Waals surface area contributed by atoms with Crippen LogP contribution in [0.15, 0.2) is 54.7 Å². The van der Waals surface area contributed by atoms with Crippen molar-refractivity contribution >= 4 is 5.91 Å². The van der Waals surface area contributed by atoms with Crippen LogP contribution in [0.2, 0.25) is 0 Å². The van der Waals surface area contributed by atoms with Crippen LogP contribution in [0.1, 0.15) is 33.3 Å². The zero-order chi connectivity index (χ0) is 21.7. The third-order valence-corrected chi connectivity index (χ3v) is 4.39. The Labute approximate surface area is 170 Å². The van der Waals surface area contributed by atoms with Gasteiger partial charge in [-0.2, -0.15) is 13.2 Å². The Morgan fingerprint density at radius 3 is 2.63 bits per heavy atom. The van der Waals surface area contributed by atoms with Gasteiger partial charge < -0.3 is 15.2 Å². The minimum Gasteiger partial charge on any atom is -0.496 e. The van der Waals surface area contributed by atoms with Crippen molar-refractivity contribution < 1.29 is 27.8 Å². The number of para-hydroxylation sites is 1. The number of halogens is 3. The molecule has 0 bridgehead atoms. The number of rotatable bonds is 7. The number of methoxy groups -OCH3 is 1. The van der Waals surface area contributed by atoms with E-state index in [4.69, 9.17) is 4.74 Å². The number of nitrogens with one attached hydrogen (secondary N) is 1. The van der Waals surface area contributed by atoms with Crippen molar-refractivity contribution in [3.63, 3.8) is 0 Å². The maximum Gasteiger partial charge on any atom is 0.416 e. The molecule has 0 saturated heterocycles. The SMILES string of the molecule is COc1ccccc1[C@@H](O)Cn1cc(C(=O)NCc2ccccc2C(F)(F)F)nn1. The first-order chi connectivity index (χ1) is 14.3. The maximum atomic E-state index is 13.0. The fraction of sp³-hybridized carbons (Fsp3) is 0.250. The van der Waals surface area contributed by atoms with Gasteiger partial charge in [0.2, 0.25) is 0 Å². The number of benzene rings is 2. The number of nitrogens with zero attached hydrogens (tertiary/aromatic N) is 3. The summed E-state index contributed by atoms with van der Waals surface area (Å²) in [5.41, 5.74) is -0.400. The van der Waals surface area contributed by atoms with E-state index < -0.39 is 23.8 Å². The van der Waals surface area contributed by atoms with Crippen molar-refractivity contribution in [2.45, 2.75) is 25.4 Å². The number of aliphatic hydroxyl groups excluding tert-OH is 1. The van der Waals surface area contributed by atoms with Crippen LogP contribution in [-0.2, 0) is 19.3 Å². The van der Waals surface area contributed by atoms with Crippen LogP contribution < -0.4 is 10.1 Å². The summed E-state index contributed by atoms with van der Waals surface area (Å²) in [6.07, 6.45) is -4.17. The van der Waals surface area contributed by atoms with Crippen LogP contribution in [0.25, 0.3) is 0 Å². The number of carbonyl (C=O) groups excluding carboxylic acids is 1. The van der Waals surface area contributed by atoms with Crippen molar-refractivity contribution in [1.29, 1.82) is 0 Å². The molecular weight excluding hydrogens is 401 g/mol. The van der Waals surface area contributed by atoms with E-state index in [1.54, 1.807) is 24.3 Å². The van der Waals surface area contributed by atoms with Gasteiger partial charge in [0.1, 0.15) is 11.9 Å². The van der Waals surface area contributed by atoms with Gasteiger partial charge in [-0.3, -0.25) is 4.79 Å². The molecule has 0 saturated carbocycles. The van der Waals surface area contributed by atoms with Gasteiger partial charge >= 0.3 is 6.18 Å². The summed E-state index contributed by atoms with van der Waals surface area (Å²) in [5.74, 6) is -0.170. The number of ether oxygens (including phenoxy) is 1. The molecule has 30 heavy (non-hydrogen) atoms. The molecule has 3 rings (SSSR count). The van der Waals surface area contributed by atoms with Crippen molar-refractivity contribution in [3.05, 3.63) is 77.1 Å². The zero-order valence-electron chi connectivity index (χ0n) is 15.9. The van der Waals surface area contributed by atoms with Gasteiger partial charge in [0, 0.05) is 12.1 Å². The first-order valence-corrected chi connectivity index (χ1v) is 8.94. The average molecular weight is 420 g/mol. The van der Waals surface area contributed by atoms with Crippen molar-refractivity contribution in [2.75, 3.05) is 7.11 Å². The lowest BCUT2D eigenvalue weighted by atomic mass is 10.1. The highest BCUT2D eigenvalue weighted by Gasteiger charge is 2.32. The van der Waals surface area contributed by atoms with E-state index in [-0.39, 0.29) is 24.3 Å². The lowest BCUT2D eigenvalue weighted by molar-refractivity contribution is -0.138. The lowest BCUT2D eigenvalue weighted by Gasteiger charge is -2.14. The van der Waals surface area contributed by atoms with Crippen LogP contribution in [0.5, 0.6) is 5.75 Å². The minimum absolute atomic E-state index is 0.0115. The highest BCUT2D eigenvalue weighted by Crippen LogP contribution is 2.31. The Morgan fingerprint density at radius 2 is 1.90 bits per heavy atom. The number of hydrogen-bond donors (Lipinski definition) is 2. The average Bonchev–Trinajstić information content (AvgIpc) is 3.20. The van der Waals surface area contributed by atoms with Gasteiger partial charge in [-0.25, -0.2) is 4.68 Å². The quantitative estimate of drug-likeness (QED) is 0.614. The van der Waals surface area contributed by atoms with Crippen LogP contribution in [0, 0.1) is 0 Å². The van der Waals surface area contributed by atoms with Gasteiger partial charge in [-0.05, 0) is 17.7 Å². The second-order valence-electron chi connectivity index (χ2n) is 6.42. The summed E-state index contributed by atoms with van der Waals surface area (Å²) in [7, 11) is 1.49. The summed E-state index contributed by atoms with van der Waals surface area (Å²) < 4.78 is 45.6. The third kappa shape index (κ3) is 4.95. The first-order valence-electron chi connectivity index (χ1n) is 8.94. The largest absolute Gasteiger partial charge is 0.496 e. The van der Waals surface area contributed by atoms with E-state index in [0.29, 0.717) is 11.3 Å². The molecule has 1 amide bonds. The van der Waals surface area contributed by atoms with E-state index in [1.165, 1.54) is 36.2 Å². The molecule has 0 radical (unpaired) electrons. The molecule has 0 aliphatic carbocycles. The molecular formula is C20H19F3N4O3. The Kier molecular flexibility index (Phi) is 6.36. The maximum absolute atomic E-state index is 13.0. The Hall–Kier alpha value is -3.40. The van der Waals surface area contributed by atoms with E-state index in [1.807, 2.05) is 0 Å². The van der Waals surface area contributed by atoms with Gasteiger partial charge in [0.15, 0.2) is 5.69 Å². The van der Waals surface area contributed by atoms with E-state index in [9.17, 15) is 23.1 Å². The van der Waals surface area contributed by atoms with Crippen LogP contribution >= 0.6 is 0 Å². The normalized spacial score (nSPS) is 12.4. The minimum atomic E-state index is -4.51. The van der Waals surface area contributed by atoms with Gasteiger partial charge in [0.05, 0.1) is 25.4 Å². The lowest BCUT2D eigenvalue weighted by Crippen LogP contribution is -2.24. The summed E-state index contributed by atoms with van der Waals surface area (Å²) in [6.45, 7) is -0.303. The number of carbonyl (C=O) groups is 1. The number of alkyl halides is 3. The fourth-order valence-electron chi connectivity index (χ4n) is 2.93. The molecule has 2 N–H and O–H groups in total. The topological polar surface area (TPSA) is 89.3 Å². The molecule has 0 aliphatic heterocycles. The van der Waals surface area contributed by atoms with Crippen LogP contribution in [0.3, 0.4) is 0 Å². The molecule has 3 aromatic rings. The summed E-state index contributed by atoms with van der Waals surface area (Å²) in [5, 5.41) is 20.3. The molecule has 0 unspecified atom stereocenters. The smallest absolute Gasteiger partial charge is 0.416 e. The highest BCUT2D eigenvalue weighted by molar-refractivity contribution is 5.91. The molecule has 2 aromatic carbocycles. The monoisotopic (exact) mass is 420 g/mol. The predicted molar refractivity (Wildman–Crippen MR) is 101 cm³/mol. The van der Waals surface area contributed by atoms with Crippen LogP contribution in [0.4, 0.5) is 13.2 Å². The molecule has 0 spiro atoms. The first kappa shape index (κ1) is 21.3. The van der Waals surface area contributed by atoms with Gasteiger partial charge in [-0.1, -0.05) is 41.6 Å². The standard InChI is InChI=1S/C20H19F3N4O3/c1-30-18-9-5-3-7-14(18)17(28)12-27-11-16(25-26-27)19(29)24-10-13-6-2-4-8-15(13)20(21,22)23/h2-9,11,17,28H,10,12H2,1H3,(H,24,29)/t17-/m0/s1. The summed E-state index contributed by atoms with van der Waals surface area (Å²) >= 11 is 0. The zero-order valence-corrected chi connectivity index (χ0v) is 15.9. The van der Waals surface area contributed by atoms with Crippen molar-refractivity contribution in [2.24, 2.45) is 0 Å². The summed E-state index contributed by atoms with van der Waals surface area (Å²) in [4.78, 5) is 12.3. The van der Waals surface area contributed by atoms with E-state index in [2.05, 4.69) is 15.6 Å². The Morgan fingerprint density at radius 1 is 1.20 bits per heavy atom. The van der Waals surface area contributed by atoms with Crippen LogP contribution in [-0.4, -0.2) is 33.1 Å². The van der Waals surface area contributed by atoms with Gasteiger partial charge in [-0.15, -0.1) is 5.10 Å². The molecule has 158 valence electrons. The molecule has 10 heteroatoms. The number of aliphatic hydroxyl groups is 1. The van der Waals surface area contributed by atoms with E-state index >= 15 is 0 Å². The molecule has 1 atom stereocenters. The Bertz CT molecular complexity index is 1020. The van der Waals surface area contributed by atoms with Crippen molar-refractivity contribution in [3.8, 4) is 5.75 Å². The van der Waals surface area contributed by atoms with Gasteiger partial charge in [0.25, 0.3) is 5.91 Å². The molecule has 0 fully saturated rings. The molecule has 1 heterocycles. The number of aromatic nitrogens is 3. The second-order valence-corrected chi connectivity index (χ2v) is 6.42. The number of amides is 1. The van der Waals surface area contributed by atoms with E-state index in [0.717, 1.165) is 6.07 Å². The molecule has 7 nitrogen and oxygen atoms in total. The second kappa shape index (κ2) is 8.95. The third-order valence-electron chi connectivity index (χ3n) is 4.39.